The van der Waals surface area contributed by atoms with Gasteiger partial charge in [-0.1, -0.05) is 17.9 Å². The molecule has 1 aliphatic rings. The highest BCUT2D eigenvalue weighted by Gasteiger charge is 2.41. The van der Waals surface area contributed by atoms with Gasteiger partial charge in [0.2, 0.25) is 5.91 Å². The van der Waals surface area contributed by atoms with Gasteiger partial charge in [-0.3, -0.25) is 14.2 Å². The molecular formula is C25H19BrF2N4O2S. The fourth-order valence-electron chi connectivity index (χ4n) is 4.01. The second kappa shape index (κ2) is 9.06. The molecule has 0 spiro atoms. The topological polar surface area (TPSA) is 60.1 Å². The predicted molar refractivity (Wildman–Crippen MR) is 134 cm³/mol. The van der Waals surface area contributed by atoms with Crippen molar-refractivity contribution in [3.8, 4) is 23.0 Å². The number of benzene rings is 1. The number of carbonyl (C=O) groups excluding carboxylic acids is 1. The number of amides is 1. The van der Waals surface area contributed by atoms with Crippen molar-refractivity contribution in [1.82, 2.24) is 19.0 Å². The number of aromatic nitrogens is 3. The molecule has 35 heavy (non-hydrogen) atoms. The minimum absolute atomic E-state index is 0.00466. The van der Waals surface area contributed by atoms with Crippen molar-refractivity contribution in [2.45, 2.75) is 25.7 Å². The van der Waals surface area contributed by atoms with Crippen molar-refractivity contribution in [3.63, 3.8) is 0 Å². The summed E-state index contributed by atoms with van der Waals surface area (Å²) in [5, 5.41) is 0.313. The minimum Gasteiger partial charge on any atom is -0.343 e. The van der Waals surface area contributed by atoms with Crippen LogP contribution in [-0.4, -0.2) is 43.7 Å². The highest BCUT2D eigenvalue weighted by atomic mass is 79.9. The number of carbonyl (C=O) groups is 1. The number of likely N-dealkylation sites (tertiary alicyclic amines) is 1. The molecule has 1 aromatic carbocycles. The Labute approximate surface area is 211 Å². The third kappa shape index (κ3) is 4.66. The molecule has 4 aromatic rings. The summed E-state index contributed by atoms with van der Waals surface area (Å²) in [6, 6.07) is 8.31. The summed E-state index contributed by atoms with van der Waals surface area (Å²) in [6.07, 6.45) is 5.13. The molecule has 0 radical (unpaired) electrons. The Hall–Kier alpha value is -3.29. The molecular weight excluding hydrogens is 538 g/mol. The van der Waals surface area contributed by atoms with Crippen LogP contribution in [0.3, 0.4) is 0 Å². The first-order valence-corrected chi connectivity index (χ1v) is 12.4. The van der Waals surface area contributed by atoms with Gasteiger partial charge in [-0.15, -0.1) is 11.3 Å². The van der Waals surface area contributed by atoms with Crippen molar-refractivity contribution in [1.29, 1.82) is 0 Å². The zero-order chi connectivity index (χ0) is 24.7. The number of fused-ring (bicyclic) bond motifs is 1. The summed E-state index contributed by atoms with van der Waals surface area (Å²) in [6.45, 7) is 1.67. The van der Waals surface area contributed by atoms with E-state index in [1.165, 1.54) is 40.1 Å². The van der Waals surface area contributed by atoms with Gasteiger partial charge in [-0.05, 0) is 52.7 Å². The lowest BCUT2D eigenvalue weighted by atomic mass is 9.99. The summed E-state index contributed by atoms with van der Waals surface area (Å²) in [4.78, 5) is 32.9. The van der Waals surface area contributed by atoms with Crippen LogP contribution in [0.1, 0.15) is 11.8 Å². The van der Waals surface area contributed by atoms with Crippen molar-refractivity contribution in [2.24, 2.45) is 0 Å². The van der Waals surface area contributed by atoms with Crippen molar-refractivity contribution in [2.75, 3.05) is 13.1 Å². The van der Waals surface area contributed by atoms with Crippen LogP contribution < -0.4 is 5.56 Å². The summed E-state index contributed by atoms with van der Waals surface area (Å²) in [7, 11) is 0. The lowest BCUT2D eigenvalue weighted by Crippen LogP contribution is -2.60. The Balaban J connectivity index is 1.58. The first kappa shape index (κ1) is 23.5. The predicted octanol–water partition coefficient (Wildman–Crippen LogP) is 4.45. The van der Waals surface area contributed by atoms with Crippen LogP contribution in [0.4, 0.5) is 8.78 Å². The van der Waals surface area contributed by atoms with Crippen molar-refractivity contribution >= 4 is 43.4 Å². The van der Waals surface area contributed by atoms with Crippen LogP contribution in [0.25, 0.3) is 21.3 Å². The minimum atomic E-state index is -1.40. The molecule has 0 bridgehead atoms. The van der Waals surface area contributed by atoms with E-state index < -0.39 is 17.0 Å². The van der Waals surface area contributed by atoms with Gasteiger partial charge >= 0.3 is 0 Å². The number of rotatable bonds is 4. The Morgan fingerprint density at radius 3 is 2.71 bits per heavy atom. The van der Waals surface area contributed by atoms with Gasteiger partial charge in [0.15, 0.2) is 0 Å². The third-order valence-corrected chi connectivity index (χ3v) is 7.34. The Morgan fingerprint density at radius 2 is 2.03 bits per heavy atom. The van der Waals surface area contributed by atoms with E-state index in [9.17, 15) is 18.4 Å². The van der Waals surface area contributed by atoms with E-state index in [1.807, 2.05) is 29.1 Å². The van der Waals surface area contributed by atoms with Crippen LogP contribution in [0.5, 0.6) is 0 Å². The quantitative estimate of drug-likeness (QED) is 0.349. The maximum Gasteiger partial charge on any atom is 0.263 e. The fraction of sp³-hybridized carbons (Fsp3) is 0.240. The summed E-state index contributed by atoms with van der Waals surface area (Å²) >= 11 is 4.48. The number of thiophene rings is 1. The number of hydrogen-bond donors (Lipinski definition) is 0. The molecule has 1 saturated heterocycles. The van der Waals surface area contributed by atoms with E-state index >= 15 is 0 Å². The van der Waals surface area contributed by atoms with E-state index in [0.29, 0.717) is 32.8 Å². The highest BCUT2D eigenvalue weighted by Crippen LogP contribution is 2.37. The molecule has 1 amide bonds. The van der Waals surface area contributed by atoms with Crippen LogP contribution >= 0.6 is 27.3 Å². The third-order valence-electron chi connectivity index (χ3n) is 5.72. The van der Waals surface area contributed by atoms with Gasteiger partial charge in [0.25, 0.3) is 5.56 Å². The highest BCUT2D eigenvalue weighted by molar-refractivity contribution is 9.10. The SMILES string of the molecule is CC1(F)CN(C(=O)Cn2cnc3sc(C#CCn4cccc4)c(-c4ccc(F)c(Br)c4)c3c2=O)C1. The number of alkyl halides is 1. The molecule has 10 heteroatoms. The van der Waals surface area contributed by atoms with Crippen LogP contribution in [0.2, 0.25) is 0 Å². The summed E-state index contributed by atoms with van der Waals surface area (Å²) < 4.78 is 31.2. The van der Waals surface area contributed by atoms with E-state index in [-0.39, 0.29) is 30.0 Å². The van der Waals surface area contributed by atoms with Crippen LogP contribution in [-0.2, 0) is 17.9 Å². The molecule has 3 aromatic heterocycles. The van der Waals surface area contributed by atoms with Gasteiger partial charge in [0.05, 0.1) is 40.7 Å². The van der Waals surface area contributed by atoms with Gasteiger partial charge in [0, 0.05) is 18.0 Å². The molecule has 4 heterocycles. The average molecular weight is 557 g/mol. The van der Waals surface area contributed by atoms with E-state index in [2.05, 4.69) is 32.8 Å². The maximum absolute atomic E-state index is 13.9. The standard InChI is InChI=1S/C25H19BrF2N4O2S/c1-25(28)13-32(14-25)20(33)12-31-15-29-23-22(24(31)34)21(16-6-7-18(27)17(26)11-16)19(35-23)5-4-10-30-8-2-3-9-30/h2-3,6-9,11,15H,10,12-14H2,1H3. The van der Waals surface area contributed by atoms with Crippen molar-refractivity contribution < 1.29 is 13.6 Å². The molecule has 0 aliphatic carbocycles. The Morgan fingerprint density at radius 1 is 1.29 bits per heavy atom. The van der Waals surface area contributed by atoms with E-state index in [0.717, 1.165) is 0 Å². The molecule has 0 saturated carbocycles. The molecule has 0 unspecified atom stereocenters. The largest absolute Gasteiger partial charge is 0.343 e. The van der Waals surface area contributed by atoms with Crippen LogP contribution in [0.15, 0.2) is 58.3 Å². The second-order valence-electron chi connectivity index (χ2n) is 8.61. The maximum atomic E-state index is 13.9. The number of nitrogens with zero attached hydrogens (tertiary/aromatic N) is 4. The average Bonchev–Trinajstić information content (AvgIpc) is 3.44. The number of halogens is 3. The molecule has 6 nitrogen and oxygen atoms in total. The first-order chi connectivity index (χ1) is 16.7. The molecule has 178 valence electrons. The Kier molecular flexibility index (Phi) is 6.07. The lowest BCUT2D eigenvalue weighted by Gasteiger charge is -2.42. The molecule has 0 atom stereocenters. The van der Waals surface area contributed by atoms with Gasteiger partial charge in [-0.2, -0.15) is 0 Å². The molecule has 1 aliphatic heterocycles. The monoisotopic (exact) mass is 556 g/mol. The summed E-state index contributed by atoms with van der Waals surface area (Å²) in [5.41, 5.74) is -0.649. The zero-order valence-corrected chi connectivity index (χ0v) is 21.0. The molecule has 5 rings (SSSR count). The van der Waals surface area contributed by atoms with E-state index in [1.54, 1.807) is 12.1 Å². The van der Waals surface area contributed by atoms with E-state index in [4.69, 9.17) is 0 Å². The normalized spacial score (nSPS) is 14.5. The van der Waals surface area contributed by atoms with Gasteiger partial charge in [0.1, 0.15) is 22.9 Å². The van der Waals surface area contributed by atoms with Gasteiger partial charge < -0.3 is 9.47 Å². The van der Waals surface area contributed by atoms with Gasteiger partial charge in [-0.25, -0.2) is 13.8 Å². The first-order valence-electron chi connectivity index (χ1n) is 10.8. The lowest BCUT2D eigenvalue weighted by molar-refractivity contribution is -0.144. The zero-order valence-electron chi connectivity index (χ0n) is 18.6. The molecule has 0 N–H and O–H groups in total. The van der Waals surface area contributed by atoms with Crippen LogP contribution in [0, 0.1) is 17.7 Å². The Bertz CT molecular complexity index is 1560. The molecule has 1 fully saturated rings. The second-order valence-corrected chi connectivity index (χ2v) is 10.5. The summed E-state index contributed by atoms with van der Waals surface area (Å²) in [5.74, 6) is 5.47. The number of hydrogen-bond acceptors (Lipinski definition) is 4. The smallest absolute Gasteiger partial charge is 0.263 e. The van der Waals surface area contributed by atoms with Crippen molar-refractivity contribution in [3.05, 3.63) is 74.6 Å². The fourth-order valence-corrected chi connectivity index (χ4v) is 5.42.